The van der Waals surface area contributed by atoms with Gasteiger partial charge < -0.3 is 15.0 Å². The fraction of sp³-hybridized carbons (Fsp3) is 0.588. The highest BCUT2D eigenvalue weighted by Crippen LogP contribution is 2.25. The molecule has 1 N–H and O–H groups in total. The van der Waals surface area contributed by atoms with Crippen molar-refractivity contribution < 1.29 is 13.9 Å². The van der Waals surface area contributed by atoms with E-state index in [4.69, 9.17) is 16.3 Å². The molecule has 2 rings (SSSR count). The zero-order chi connectivity index (χ0) is 17.0. The predicted octanol–water partition coefficient (Wildman–Crippen LogP) is 4.54. The summed E-state index contributed by atoms with van der Waals surface area (Å²) >= 11 is 6.04. The van der Waals surface area contributed by atoms with Crippen LogP contribution >= 0.6 is 11.6 Å². The fourth-order valence-electron chi connectivity index (χ4n) is 2.53. The lowest BCUT2D eigenvalue weighted by Crippen LogP contribution is -2.42. The summed E-state index contributed by atoms with van der Waals surface area (Å²) in [6.45, 7) is 7.67. The second-order valence-corrected chi connectivity index (χ2v) is 7.32. The van der Waals surface area contributed by atoms with E-state index in [0.717, 1.165) is 12.8 Å². The van der Waals surface area contributed by atoms with E-state index in [2.05, 4.69) is 5.32 Å². The highest BCUT2D eigenvalue weighted by atomic mass is 35.5. The third-order valence-corrected chi connectivity index (χ3v) is 4.11. The largest absolute Gasteiger partial charge is 0.444 e. The number of benzene rings is 1. The molecule has 0 spiro atoms. The summed E-state index contributed by atoms with van der Waals surface area (Å²) in [5.41, 5.74) is 0.144. The molecule has 0 unspecified atom stereocenters. The molecular formula is C17H24ClFN2O2. The van der Waals surface area contributed by atoms with Gasteiger partial charge in [0.15, 0.2) is 0 Å². The first kappa shape index (κ1) is 17.9. The van der Waals surface area contributed by atoms with Gasteiger partial charge in [0.1, 0.15) is 11.4 Å². The Hall–Kier alpha value is -1.49. The second-order valence-electron chi connectivity index (χ2n) is 6.92. The molecule has 23 heavy (non-hydrogen) atoms. The van der Waals surface area contributed by atoms with E-state index in [1.807, 2.05) is 20.8 Å². The van der Waals surface area contributed by atoms with Crippen LogP contribution in [-0.4, -0.2) is 36.2 Å². The maximum atomic E-state index is 13.2. The summed E-state index contributed by atoms with van der Waals surface area (Å²) in [4.78, 5) is 13.8. The van der Waals surface area contributed by atoms with Crippen LogP contribution in [0, 0.1) is 11.7 Å². The lowest BCUT2D eigenvalue weighted by Gasteiger charge is -2.33. The van der Waals surface area contributed by atoms with Gasteiger partial charge in [-0.05, 0) is 57.7 Å². The molecule has 0 saturated carbocycles. The maximum Gasteiger partial charge on any atom is 0.410 e. The van der Waals surface area contributed by atoms with Gasteiger partial charge in [0.25, 0.3) is 0 Å². The fourth-order valence-corrected chi connectivity index (χ4v) is 2.72. The minimum absolute atomic E-state index is 0.253. The van der Waals surface area contributed by atoms with Crippen LogP contribution in [0.15, 0.2) is 18.2 Å². The van der Waals surface area contributed by atoms with Crippen LogP contribution in [0.5, 0.6) is 0 Å². The predicted molar refractivity (Wildman–Crippen MR) is 90.4 cm³/mol. The third kappa shape index (κ3) is 5.57. The Kier molecular flexibility index (Phi) is 5.74. The highest BCUT2D eigenvalue weighted by Gasteiger charge is 2.26. The standard InChI is InChI=1S/C17H24ClFN2O2/c1-17(2,3)23-16(22)21-8-6-12(7-9-21)11-20-15-10-13(19)4-5-14(15)18/h4-5,10,12,20H,6-9,11H2,1-3H3. The van der Waals surface area contributed by atoms with Crippen LogP contribution in [0.2, 0.25) is 5.02 Å². The highest BCUT2D eigenvalue weighted by molar-refractivity contribution is 6.33. The Morgan fingerprint density at radius 3 is 2.65 bits per heavy atom. The average Bonchev–Trinajstić information content (AvgIpc) is 2.47. The van der Waals surface area contributed by atoms with Crippen molar-refractivity contribution in [1.82, 2.24) is 4.90 Å². The molecule has 1 amide bonds. The minimum atomic E-state index is -0.469. The Balaban J connectivity index is 1.79. The quantitative estimate of drug-likeness (QED) is 0.876. The van der Waals surface area contributed by atoms with Crippen LogP contribution in [0.4, 0.5) is 14.9 Å². The van der Waals surface area contributed by atoms with Crippen molar-refractivity contribution in [3.63, 3.8) is 0 Å². The van der Waals surface area contributed by atoms with Gasteiger partial charge in [-0.25, -0.2) is 9.18 Å². The van der Waals surface area contributed by atoms with E-state index >= 15 is 0 Å². The monoisotopic (exact) mass is 342 g/mol. The molecule has 0 atom stereocenters. The van der Waals surface area contributed by atoms with Crippen molar-refractivity contribution in [3.05, 3.63) is 29.0 Å². The number of amides is 1. The van der Waals surface area contributed by atoms with Crippen LogP contribution < -0.4 is 5.32 Å². The smallest absolute Gasteiger partial charge is 0.410 e. The van der Waals surface area contributed by atoms with Crippen LogP contribution in [0.3, 0.4) is 0 Å². The molecular weight excluding hydrogens is 319 g/mol. The molecule has 6 heteroatoms. The van der Waals surface area contributed by atoms with E-state index in [0.29, 0.717) is 36.3 Å². The summed E-state index contributed by atoms with van der Waals surface area (Å²) in [6, 6.07) is 4.29. The van der Waals surface area contributed by atoms with Crippen LogP contribution in [0.1, 0.15) is 33.6 Å². The van der Waals surface area contributed by atoms with Crippen molar-refractivity contribution in [2.24, 2.45) is 5.92 Å². The zero-order valence-corrected chi connectivity index (χ0v) is 14.6. The number of anilines is 1. The van der Waals surface area contributed by atoms with Gasteiger partial charge in [-0.1, -0.05) is 11.6 Å². The molecule has 0 aliphatic carbocycles. The summed E-state index contributed by atoms with van der Waals surface area (Å²) < 4.78 is 18.6. The first-order chi connectivity index (χ1) is 10.7. The number of hydrogen-bond acceptors (Lipinski definition) is 3. The van der Waals surface area contributed by atoms with Crippen molar-refractivity contribution >= 4 is 23.4 Å². The second kappa shape index (κ2) is 7.39. The number of nitrogens with zero attached hydrogens (tertiary/aromatic N) is 1. The number of hydrogen-bond donors (Lipinski definition) is 1. The Morgan fingerprint density at radius 2 is 2.04 bits per heavy atom. The number of carbonyl (C=O) groups is 1. The first-order valence-electron chi connectivity index (χ1n) is 7.91. The molecule has 1 aliphatic rings. The van der Waals surface area contributed by atoms with Crippen molar-refractivity contribution in [2.45, 2.75) is 39.2 Å². The topological polar surface area (TPSA) is 41.6 Å². The van der Waals surface area contributed by atoms with E-state index in [9.17, 15) is 9.18 Å². The Bertz CT molecular complexity index is 552. The normalized spacial score (nSPS) is 16.3. The molecule has 0 aromatic heterocycles. The number of carbonyl (C=O) groups excluding carboxylic acids is 1. The summed E-state index contributed by atoms with van der Waals surface area (Å²) in [7, 11) is 0. The van der Waals surface area contributed by atoms with Crippen molar-refractivity contribution in [3.8, 4) is 0 Å². The number of piperidine rings is 1. The maximum absolute atomic E-state index is 13.2. The molecule has 0 bridgehead atoms. The van der Waals surface area contributed by atoms with Gasteiger partial charge in [0.2, 0.25) is 0 Å². The van der Waals surface area contributed by atoms with Crippen molar-refractivity contribution in [1.29, 1.82) is 0 Å². The van der Waals surface area contributed by atoms with E-state index < -0.39 is 5.60 Å². The SMILES string of the molecule is CC(C)(C)OC(=O)N1CCC(CNc2cc(F)ccc2Cl)CC1. The molecule has 0 radical (unpaired) electrons. The number of likely N-dealkylation sites (tertiary alicyclic amines) is 1. The molecule has 1 fully saturated rings. The lowest BCUT2D eigenvalue weighted by atomic mass is 9.97. The molecule has 1 aromatic carbocycles. The van der Waals surface area contributed by atoms with Gasteiger partial charge in [-0.2, -0.15) is 0 Å². The summed E-state index contributed by atoms with van der Waals surface area (Å²) in [5.74, 6) is 0.115. The van der Waals surface area contributed by atoms with Gasteiger partial charge in [-0.15, -0.1) is 0 Å². The van der Waals surface area contributed by atoms with Gasteiger partial charge in [0.05, 0.1) is 10.7 Å². The molecule has 4 nitrogen and oxygen atoms in total. The third-order valence-electron chi connectivity index (χ3n) is 3.78. The number of nitrogens with one attached hydrogen (secondary N) is 1. The number of ether oxygens (including phenoxy) is 1. The molecule has 128 valence electrons. The van der Waals surface area contributed by atoms with Crippen LogP contribution in [0.25, 0.3) is 0 Å². The van der Waals surface area contributed by atoms with Crippen molar-refractivity contribution in [2.75, 3.05) is 25.0 Å². The van der Waals surface area contributed by atoms with Gasteiger partial charge in [0, 0.05) is 19.6 Å². The zero-order valence-electron chi connectivity index (χ0n) is 13.9. The lowest BCUT2D eigenvalue weighted by molar-refractivity contribution is 0.0188. The van der Waals surface area contributed by atoms with E-state index in [1.165, 1.54) is 12.1 Å². The first-order valence-corrected chi connectivity index (χ1v) is 8.29. The van der Waals surface area contributed by atoms with Gasteiger partial charge >= 0.3 is 6.09 Å². The Labute approximate surface area is 141 Å². The van der Waals surface area contributed by atoms with Gasteiger partial charge in [-0.3, -0.25) is 0 Å². The number of rotatable bonds is 3. The Morgan fingerprint density at radius 1 is 1.39 bits per heavy atom. The molecule has 1 saturated heterocycles. The molecule has 1 heterocycles. The van der Waals surface area contributed by atoms with E-state index in [1.54, 1.807) is 11.0 Å². The molecule has 1 aliphatic heterocycles. The van der Waals surface area contributed by atoms with Crippen LogP contribution in [-0.2, 0) is 4.74 Å². The molecule has 1 aromatic rings. The minimum Gasteiger partial charge on any atom is -0.444 e. The summed E-state index contributed by atoms with van der Waals surface area (Å²) in [6.07, 6.45) is 1.52. The van der Waals surface area contributed by atoms with E-state index in [-0.39, 0.29) is 11.9 Å². The summed E-state index contributed by atoms with van der Waals surface area (Å²) in [5, 5.41) is 3.71. The number of halogens is 2. The average molecular weight is 343 g/mol.